The van der Waals surface area contributed by atoms with E-state index in [1.807, 2.05) is 13.8 Å². The van der Waals surface area contributed by atoms with Gasteiger partial charge in [-0.15, -0.1) is 22.7 Å². The molecule has 0 bridgehead atoms. The predicted octanol–water partition coefficient (Wildman–Crippen LogP) is 4.81. The van der Waals surface area contributed by atoms with Crippen LogP contribution in [0.25, 0.3) is 20.4 Å². The number of nitrogens with one attached hydrogen (secondary N) is 1. The van der Waals surface area contributed by atoms with E-state index in [0.29, 0.717) is 28.2 Å². The number of hydrogen-bond acceptors (Lipinski definition) is 9. The molecule has 1 aliphatic rings. The van der Waals surface area contributed by atoms with Gasteiger partial charge in [-0.25, -0.2) is 19.7 Å². The molecule has 0 saturated heterocycles. The molecule has 7 nitrogen and oxygen atoms in total. The Hall–Kier alpha value is -2.30. The highest BCUT2D eigenvalue weighted by molar-refractivity contribution is 7.98. The van der Waals surface area contributed by atoms with Gasteiger partial charge in [-0.3, -0.25) is 4.79 Å². The number of H-pyrrole nitrogens is 1. The summed E-state index contributed by atoms with van der Waals surface area (Å²) in [7, 11) is 1.37. The molecule has 0 aromatic carbocycles. The van der Waals surface area contributed by atoms with Crippen LogP contribution in [0.5, 0.6) is 0 Å². The topological polar surface area (TPSA) is 97.8 Å². The van der Waals surface area contributed by atoms with Gasteiger partial charge < -0.3 is 9.72 Å². The van der Waals surface area contributed by atoms with Crippen LogP contribution in [0.15, 0.2) is 9.82 Å². The van der Waals surface area contributed by atoms with Crippen molar-refractivity contribution < 1.29 is 9.53 Å². The summed E-state index contributed by atoms with van der Waals surface area (Å²) in [5.74, 6) is 2.01. The Balaban J connectivity index is 1.50. The monoisotopic (exact) mass is 486 g/mol. The summed E-state index contributed by atoms with van der Waals surface area (Å²) in [6.45, 7) is 5.98. The maximum atomic E-state index is 12.9. The van der Waals surface area contributed by atoms with Crippen LogP contribution in [-0.2, 0) is 23.3 Å². The first-order chi connectivity index (χ1) is 15.4. The van der Waals surface area contributed by atoms with E-state index in [9.17, 15) is 9.59 Å². The van der Waals surface area contributed by atoms with Gasteiger partial charge in [0.2, 0.25) is 0 Å². The lowest BCUT2D eigenvalue weighted by Crippen LogP contribution is -2.14. The fourth-order valence-corrected chi connectivity index (χ4v) is 7.81. The average Bonchev–Trinajstić information content (AvgIpc) is 3.28. The molecule has 0 amide bonds. The highest BCUT2D eigenvalue weighted by Gasteiger charge is 2.24. The Bertz CT molecular complexity index is 1440. The van der Waals surface area contributed by atoms with Crippen LogP contribution >= 0.6 is 34.4 Å². The van der Waals surface area contributed by atoms with Crippen LogP contribution in [-0.4, -0.2) is 33.0 Å². The second-order valence-electron chi connectivity index (χ2n) is 8.14. The minimum absolute atomic E-state index is 0.0543. The summed E-state index contributed by atoms with van der Waals surface area (Å²) in [6.07, 6.45) is 3.10. The van der Waals surface area contributed by atoms with Crippen LogP contribution in [0.2, 0.25) is 0 Å². The molecule has 5 rings (SSSR count). The largest absolute Gasteiger partial charge is 0.465 e. The number of fused-ring (bicyclic) bond motifs is 4. The molecule has 4 heterocycles. The predicted molar refractivity (Wildman–Crippen MR) is 129 cm³/mol. The second-order valence-corrected chi connectivity index (χ2v) is 11.2. The number of hydrogen-bond donors (Lipinski definition) is 1. The molecular formula is C22H22N4O3S3. The fraction of sp³-hybridized carbons (Fsp3) is 0.409. The molecule has 4 aromatic rings. The molecule has 0 fully saturated rings. The van der Waals surface area contributed by atoms with Crippen LogP contribution in [0, 0.1) is 19.8 Å². The summed E-state index contributed by atoms with van der Waals surface area (Å²) >= 11 is 4.46. The zero-order chi connectivity index (χ0) is 22.6. The molecule has 1 aliphatic carbocycles. The highest BCUT2D eigenvalue weighted by Crippen LogP contribution is 2.38. The zero-order valence-electron chi connectivity index (χ0n) is 18.2. The quantitative estimate of drug-likeness (QED) is 0.251. The lowest BCUT2D eigenvalue weighted by atomic mass is 9.89. The maximum absolute atomic E-state index is 12.9. The van der Waals surface area contributed by atoms with E-state index in [1.165, 1.54) is 40.6 Å². The minimum atomic E-state index is -0.369. The van der Waals surface area contributed by atoms with E-state index in [2.05, 4.69) is 21.9 Å². The minimum Gasteiger partial charge on any atom is -0.465 e. The summed E-state index contributed by atoms with van der Waals surface area (Å²) in [5, 5.41) is 2.40. The normalized spacial score (nSPS) is 15.9. The number of ether oxygens (including phenoxy) is 1. The molecule has 166 valence electrons. The smallest absolute Gasteiger partial charge is 0.348 e. The van der Waals surface area contributed by atoms with Crippen LogP contribution in [0.1, 0.15) is 50.7 Å². The van der Waals surface area contributed by atoms with E-state index >= 15 is 0 Å². The summed E-state index contributed by atoms with van der Waals surface area (Å²) < 4.78 is 4.91. The number of thiophene rings is 2. The number of aromatic amines is 1. The third kappa shape index (κ3) is 3.64. The molecule has 0 spiro atoms. The fourth-order valence-electron chi connectivity index (χ4n) is 4.19. The van der Waals surface area contributed by atoms with Crippen molar-refractivity contribution in [3.05, 3.63) is 42.9 Å². The van der Waals surface area contributed by atoms with Crippen molar-refractivity contribution in [3.63, 3.8) is 0 Å². The lowest BCUT2D eigenvalue weighted by molar-refractivity contribution is 0.0605. The third-order valence-corrected chi connectivity index (χ3v) is 9.10. The Labute approximate surface area is 196 Å². The van der Waals surface area contributed by atoms with Crippen molar-refractivity contribution in [1.82, 2.24) is 19.9 Å². The highest BCUT2D eigenvalue weighted by atomic mass is 32.2. The average molecular weight is 487 g/mol. The molecule has 0 aliphatic heterocycles. The summed E-state index contributed by atoms with van der Waals surface area (Å²) in [5.41, 5.74) is 1.95. The number of aromatic nitrogens is 4. The molecule has 10 heteroatoms. The number of methoxy groups -OCH3 is 1. The van der Waals surface area contributed by atoms with Crippen LogP contribution in [0.3, 0.4) is 0 Å². The van der Waals surface area contributed by atoms with Crippen molar-refractivity contribution in [3.8, 4) is 0 Å². The zero-order valence-corrected chi connectivity index (χ0v) is 20.6. The lowest BCUT2D eigenvalue weighted by Gasteiger charge is -2.17. The van der Waals surface area contributed by atoms with Crippen molar-refractivity contribution in [2.24, 2.45) is 5.92 Å². The molecule has 1 atom stereocenters. The number of nitrogens with zero attached hydrogens (tertiary/aromatic N) is 3. The Morgan fingerprint density at radius 2 is 1.97 bits per heavy atom. The number of carbonyl (C=O) groups excluding carboxylic acids is 1. The Kier molecular flexibility index (Phi) is 5.55. The van der Waals surface area contributed by atoms with E-state index in [1.54, 1.807) is 11.3 Å². The van der Waals surface area contributed by atoms with E-state index < -0.39 is 0 Å². The van der Waals surface area contributed by atoms with Gasteiger partial charge in [0.25, 0.3) is 5.56 Å². The van der Waals surface area contributed by atoms with Gasteiger partial charge >= 0.3 is 5.97 Å². The van der Waals surface area contributed by atoms with Crippen molar-refractivity contribution in [2.45, 2.75) is 50.8 Å². The summed E-state index contributed by atoms with van der Waals surface area (Å²) in [4.78, 5) is 45.3. The van der Waals surface area contributed by atoms with Gasteiger partial charge in [0.1, 0.15) is 31.2 Å². The molecule has 1 N–H and O–H groups in total. The first-order valence-electron chi connectivity index (χ1n) is 10.4. The first kappa shape index (κ1) is 21.5. The molecule has 0 radical (unpaired) electrons. The molecule has 0 saturated carbocycles. The first-order valence-corrected chi connectivity index (χ1v) is 13.0. The van der Waals surface area contributed by atoms with E-state index in [0.717, 1.165) is 50.3 Å². The van der Waals surface area contributed by atoms with Gasteiger partial charge in [0, 0.05) is 10.3 Å². The number of aryl methyl sites for hydroxylation is 3. The molecule has 4 aromatic heterocycles. The van der Waals surface area contributed by atoms with E-state index in [-0.39, 0.29) is 11.5 Å². The number of thioether (sulfide) groups is 1. The van der Waals surface area contributed by atoms with Gasteiger partial charge in [0.15, 0.2) is 0 Å². The van der Waals surface area contributed by atoms with Crippen molar-refractivity contribution in [1.29, 1.82) is 0 Å². The van der Waals surface area contributed by atoms with Gasteiger partial charge in [0.05, 0.1) is 18.2 Å². The van der Waals surface area contributed by atoms with Crippen molar-refractivity contribution in [2.75, 3.05) is 7.11 Å². The van der Waals surface area contributed by atoms with Crippen LogP contribution in [0.4, 0.5) is 0 Å². The summed E-state index contributed by atoms with van der Waals surface area (Å²) in [6, 6.07) is 0. The molecule has 0 unspecified atom stereocenters. The number of carbonyl (C=O) groups is 1. The Morgan fingerprint density at radius 1 is 1.19 bits per heavy atom. The van der Waals surface area contributed by atoms with Crippen LogP contribution < -0.4 is 5.56 Å². The van der Waals surface area contributed by atoms with Gasteiger partial charge in [-0.2, -0.15) is 0 Å². The SMILES string of the molecule is COC(=O)c1sc2nc(C)nc(SCc3nc4sc5c(c4c(=O)[nH]3)CC[C@H](C)C5)c2c1C. The molecule has 32 heavy (non-hydrogen) atoms. The second kappa shape index (κ2) is 8.24. The van der Waals surface area contributed by atoms with E-state index in [4.69, 9.17) is 9.72 Å². The van der Waals surface area contributed by atoms with Gasteiger partial charge in [-0.1, -0.05) is 18.7 Å². The van der Waals surface area contributed by atoms with Gasteiger partial charge in [-0.05, 0) is 50.2 Å². The van der Waals surface area contributed by atoms with Crippen molar-refractivity contribution >= 4 is 60.8 Å². The molecular weight excluding hydrogens is 464 g/mol. The Morgan fingerprint density at radius 3 is 2.75 bits per heavy atom. The number of esters is 1. The maximum Gasteiger partial charge on any atom is 0.348 e. The standard InChI is InChI=1S/C22H22N4O3S3/c1-9-5-6-12-13(7-9)31-21-16(12)18(27)25-14(26-21)8-30-19-15-10(2)17(22(28)29-4)32-20(15)24-11(3)23-19/h9H,5-8H2,1-4H3,(H,25,26,27)/t9-/m0/s1. The number of rotatable bonds is 4. The third-order valence-electron chi connectivity index (χ3n) is 5.80.